The molecule has 24 nitrogen and oxygen atoms in total. The smallest absolute Gasteiger partial charge is 0.274 e. The minimum Gasteiger partial charge on any atom is -0.491 e. The van der Waals surface area contributed by atoms with Gasteiger partial charge in [-0.15, -0.1) is 11.3 Å². The molecule has 6 N–H and O–H groups in total. The minimum atomic E-state index is -0.844. The van der Waals surface area contributed by atoms with Crippen molar-refractivity contribution >= 4 is 64.3 Å². The fraction of sp³-hybridized carbons (Fsp3) is 0.485. The van der Waals surface area contributed by atoms with Crippen LogP contribution < -0.4 is 31.6 Å². The van der Waals surface area contributed by atoms with Gasteiger partial charge in [-0.3, -0.25) is 33.4 Å². The molecule has 4 amide bonds. The summed E-state index contributed by atoms with van der Waals surface area (Å²) in [6, 6.07) is 14.0. The number of nitrogens with zero attached hydrogens (tertiary/aromatic N) is 7. The second kappa shape index (κ2) is 32.4. The lowest BCUT2D eigenvalue weighted by molar-refractivity contribution is -0.139. The minimum absolute atomic E-state index is 0.0196. The molecular weight excluding hydrogens is 1200 g/mol. The van der Waals surface area contributed by atoms with Crippen molar-refractivity contribution in [1.82, 2.24) is 44.7 Å². The summed E-state index contributed by atoms with van der Waals surface area (Å²) >= 11 is 1.38. The average Bonchev–Trinajstić information content (AvgIpc) is 0.957. The van der Waals surface area contributed by atoms with Crippen LogP contribution in [0.4, 0.5) is 21.7 Å². The van der Waals surface area contributed by atoms with Crippen LogP contribution in [0.1, 0.15) is 132 Å². The second-order valence-electron chi connectivity index (χ2n) is 24.0. The summed E-state index contributed by atoms with van der Waals surface area (Å²) < 4.78 is 47.2. The number of carbonyl (C=O) groups excluding carboxylic acids is 5. The number of likely N-dealkylation sites (N-methyl/N-ethyl adjacent to an activating group) is 1. The van der Waals surface area contributed by atoms with Crippen LogP contribution in [-0.4, -0.2) is 167 Å². The van der Waals surface area contributed by atoms with Gasteiger partial charge in [-0.05, 0) is 91.6 Å². The van der Waals surface area contributed by atoms with E-state index in [0.29, 0.717) is 117 Å². The summed E-state index contributed by atoms with van der Waals surface area (Å²) in [5.41, 5.74) is 2.43. The van der Waals surface area contributed by atoms with Crippen molar-refractivity contribution in [2.45, 2.75) is 109 Å². The highest BCUT2D eigenvalue weighted by atomic mass is 32.1. The van der Waals surface area contributed by atoms with Gasteiger partial charge in [-0.2, -0.15) is 5.10 Å². The Kier molecular flexibility index (Phi) is 24.1. The summed E-state index contributed by atoms with van der Waals surface area (Å²) in [4.78, 5) is 93.3. The molecule has 6 aromatic rings. The van der Waals surface area contributed by atoms with Gasteiger partial charge in [0.05, 0.1) is 103 Å². The zero-order valence-corrected chi connectivity index (χ0v) is 53.7. The number of anilines is 3. The van der Waals surface area contributed by atoms with Crippen molar-refractivity contribution in [2.75, 3.05) is 96.8 Å². The van der Waals surface area contributed by atoms with Gasteiger partial charge in [0.1, 0.15) is 46.4 Å². The first-order chi connectivity index (χ1) is 44.4. The van der Waals surface area contributed by atoms with Crippen LogP contribution >= 0.6 is 11.3 Å². The fourth-order valence-electron chi connectivity index (χ4n) is 11.7. The number of pyridine rings is 2. The van der Waals surface area contributed by atoms with E-state index < -0.39 is 29.8 Å². The quantitative estimate of drug-likeness (QED) is 0.0144. The SMILES string of the molecule is CNCC(=O)N[C@@H](C(=O)N1CCC[C@@H]1c1nc(C(=O)c2cccc(OCCOCCOCCOCCOCCC(=O)N3CCn4nc(Nc5cc(-c6ccnc(NC(=O)c7c(F)cc(C(C)(C)C)cc7C=N)c6CO)cn(C)c5=O)cc4C3)c2)cs1)C1CCCCC1. The number of hydrogen-bond donors (Lipinski definition) is 6. The van der Waals surface area contributed by atoms with Crippen LogP contribution in [0.3, 0.4) is 0 Å². The Morgan fingerprint density at radius 1 is 0.880 bits per heavy atom. The van der Waals surface area contributed by atoms with E-state index in [1.807, 2.05) is 25.7 Å². The molecule has 0 radical (unpaired) electrons. The number of aromatic nitrogens is 5. The van der Waals surface area contributed by atoms with Crippen LogP contribution in [0.2, 0.25) is 0 Å². The van der Waals surface area contributed by atoms with Crippen LogP contribution in [-0.2, 0) is 65.5 Å². The third-order valence-corrected chi connectivity index (χ3v) is 17.5. The van der Waals surface area contributed by atoms with Crippen LogP contribution in [0.25, 0.3) is 11.1 Å². The molecule has 2 aliphatic heterocycles. The van der Waals surface area contributed by atoms with Crippen molar-refractivity contribution < 1.29 is 57.2 Å². The van der Waals surface area contributed by atoms with Crippen molar-refractivity contribution in [3.8, 4) is 16.9 Å². The fourth-order valence-corrected chi connectivity index (χ4v) is 12.6. The van der Waals surface area contributed by atoms with Crippen LogP contribution in [0.15, 0.2) is 77.2 Å². The van der Waals surface area contributed by atoms with Gasteiger partial charge in [0.25, 0.3) is 11.5 Å². The second-order valence-corrected chi connectivity index (χ2v) is 24.9. The summed E-state index contributed by atoms with van der Waals surface area (Å²) in [6.45, 7) is 9.84. The number of amides is 4. The topological polar surface area (TPSA) is 296 Å². The maximum atomic E-state index is 15.5. The summed E-state index contributed by atoms with van der Waals surface area (Å²) in [5, 5.41) is 37.3. The first-order valence-corrected chi connectivity index (χ1v) is 32.2. The van der Waals surface area contributed by atoms with Gasteiger partial charge in [0, 0.05) is 72.4 Å². The summed E-state index contributed by atoms with van der Waals surface area (Å²) in [7, 11) is 3.29. The number of halogens is 1. The molecule has 492 valence electrons. The highest BCUT2D eigenvalue weighted by molar-refractivity contribution is 7.10. The maximum Gasteiger partial charge on any atom is 0.274 e. The Labute approximate surface area is 538 Å². The summed E-state index contributed by atoms with van der Waals surface area (Å²) in [6.07, 6.45) is 10.7. The van der Waals surface area contributed by atoms with Crippen LogP contribution in [0.5, 0.6) is 5.75 Å². The maximum absolute atomic E-state index is 15.5. The number of ketones is 1. The predicted molar refractivity (Wildman–Crippen MR) is 344 cm³/mol. The third-order valence-electron chi connectivity index (χ3n) is 16.5. The Balaban J connectivity index is 0.636. The number of thiazole rings is 1. The van der Waals surface area contributed by atoms with E-state index in [2.05, 4.69) is 31.3 Å². The van der Waals surface area contributed by atoms with E-state index in [1.54, 1.807) is 83.8 Å². The molecule has 3 aliphatic rings. The van der Waals surface area contributed by atoms with Crippen molar-refractivity contribution in [1.29, 1.82) is 5.41 Å². The number of benzene rings is 2. The number of rotatable bonds is 31. The van der Waals surface area contributed by atoms with Crippen LogP contribution in [0, 0.1) is 17.1 Å². The monoisotopic (exact) mass is 1290 g/mol. The Hall–Kier alpha value is -8.11. The Morgan fingerprint density at radius 2 is 1.61 bits per heavy atom. The van der Waals surface area contributed by atoms with Gasteiger partial charge in [-0.1, -0.05) is 52.2 Å². The van der Waals surface area contributed by atoms with E-state index in [9.17, 15) is 33.9 Å². The molecule has 2 aromatic carbocycles. The molecule has 2 fully saturated rings. The molecule has 0 bridgehead atoms. The molecule has 1 aliphatic carbocycles. The molecule has 6 heterocycles. The first-order valence-electron chi connectivity index (χ1n) is 31.3. The number of ether oxygens (including phenoxy) is 5. The highest BCUT2D eigenvalue weighted by Crippen LogP contribution is 2.38. The number of nitrogens with one attached hydrogen (secondary N) is 5. The molecule has 1 saturated carbocycles. The van der Waals surface area contributed by atoms with Crippen molar-refractivity contribution in [3.63, 3.8) is 0 Å². The Bertz CT molecular complexity index is 3640. The van der Waals surface area contributed by atoms with Gasteiger partial charge >= 0.3 is 0 Å². The number of aryl methyl sites for hydroxylation is 1. The van der Waals surface area contributed by atoms with E-state index >= 15 is 4.39 Å². The third kappa shape index (κ3) is 17.5. The number of carbonyl (C=O) groups is 5. The Morgan fingerprint density at radius 3 is 2.32 bits per heavy atom. The molecule has 26 heteroatoms. The zero-order chi connectivity index (χ0) is 65.3. The number of aliphatic hydroxyl groups is 1. The summed E-state index contributed by atoms with van der Waals surface area (Å²) in [5.74, 6) is -1.25. The average molecular weight is 1290 g/mol. The number of hydrogen-bond acceptors (Lipinski definition) is 19. The molecule has 2 atom stereocenters. The number of likely N-dealkylation sites (tertiary alicyclic amines) is 1. The molecule has 92 heavy (non-hydrogen) atoms. The molecule has 9 rings (SSSR count). The number of aliphatic hydroxyl groups excluding tert-OH is 1. The molecule has 4 aromatic heterocycles. The lowest BCUT2D eigenvalue weighted by Gasteiger charge is -2.34. The van der Waals surface area contributed by atoms with E-state index in [4.69, 9.17) is 34.1 Å². The number of fused-ring (bicyclic) bond motifs is 1. The standard InChI is InChI=1S/C66H83FN12O12S/c1-66(2,3)46-31-44(36-68)58(51(67)34-46)62(84)74-61-50(40-80)49(16-18-70-61)45-33-52(64(85)76(5)38-45)71-55-35-47-39-77(20-21-79(47)75-55)57(82)17-22-87-23-24-88-25-26-89-27-28-90-29-30-91-48-14-9-13-43(32-48)60(83)53-41-92-63(72-53)54-15-10-19-78(54)65(86)59(73-56(81)37-69-4)42-11-7-6-8-12-42/h9,13-14,16,18,31-36,38,41-42,54,59,68-69,80H,6-8,10-12,15,17,19-30,37,39-40H2,1-5H3,(H,71,75)(H,73,81)(H,70,74,84)/t54-,59-/m1/s1. The zero-order valence-electron chi connectivity index (χ0n) is 52.9. The normalized spacial score (nSPS) is 15.4. The highest BCUT2D eigenvalue weighted by Gasteiger charge is 2.40. The van der Waals surface area contributed by atoms with Crippen molar-refractivity contribution in [3.05, 3.63) is 133 Å². The van der Waals surface area contributed by atoms with Gasteiger partial charge < -0.3 is 69.8 Å². The van der Waals surface area contributed by atoms with E-state index in [-0.39, 0.29) is 95.4 Å². The first kappa shape index (κ1) is 68.3. The van der Waals surface area contributed by atoms with E-state index in [1.165, 1.54) is 28.2 Å². The van der Waals surface area contributed by atoms with E-state index in [0.717, 1.165) is 56.9 Å². The molecular formula is C66H83FN12O12S. The molecule has 0 unspecified atom stereocenters. The van der Waals surface area contributed by atoms with Gasteiger partial charge in [0.2, 0.25) is 23.5 Å². The van der Waals surface area contributed by atoms with Gasteiger partial charge in [0.15, 0.2) is 5.82 Å². The molecule has 1 saturated heterocycles. The lowest BCUT2D eigenvalue weighted by atomic mass is 9.83. The predicted octanol–water partition coefficient (Wildman–Crippen LogP) is 7.08. The lowest BCUT2D eigenvalue weighted by Crippen LogP contribution is -2.53. The molecule has 0 spiro atoms. The van der Waals surface area contributed by atoms with Crippen molar-refractivity contribution in [2.24, 2.45) is 13.0 Å². The largest absolute Gasteiger partial charge is 0.491 e. The van der Waals surface area contributed by atoms with Gasteiger partial charge in [-0.25, -0.2) is 14.4 Å².